The van der Waals surface area contributed by atoms with Crippen LogP contribution in [0.25, 0.3) is 0 Å². The summed E-state index contributed by atoms with van der Waals surface area (Å²) in [5, 5.41) is 0. The molecule has 3 unspecified atom stereocenters. The molecular weight excluding hydrogens is 256 g/mol. The Balaban J connectivity index is 1.63. The van der Waals surface area contributed by atoms with Crippen LogP contribution in [-0.4, -0.2) is 12.1 Å². The first-order chi connectivity index (χ1) is 9.94. The largest absolute Gasteiger partial charge is 0.326 e. The van der Waals surface area contributed by atoms with Crippen molar-refractivity contribution in [1.29, 1.82) is 0 Å². The van der Waals surface area contributed by atoms with Gasteiger partial charge in [0.25, 0.3) is 0 Å². The topological polar surface area (TPSA) is 52.0 Å². The van der Waals surface area contributed by atoms with E-state index in [0.717, 1.165) is 23.7 Å². The smallest absolute Gasteiger partial charge is 0.0197 e. The van der Waals surface area contributed by atoms with Gasteiger partial charge in [0.1, 0.15) is 0 Å². The average Bonchev–Trinajstić information content (AvgIpc) is 2.82. The molecule has 2 nitrogen and oxygen atoms in total. The van der Waals surface area contributed by atoms with Crippen LogP contribution in [0.2, 0.25) is 0 Å². The zero-order valence-electron chi connectivity index (χ0n) is 14.0. The van der Waals surface area contributed by atoms with Crippen molar-refractivity contribution in [2.24, 2.45) is 46.0 Å². The molecular formula is C19H34N2. The third-order valence-electron chi connectivity index (χ3n) is 8.63. The molecule has 4 N–H and O–H groups in total. The van der Waals surface area contributed by atoms with Gasteiger partial charge in [-0.3, -0.25) is 0 Å². The van der Waals surface area contributed by atoms with Crippen LogP contribution in [0.4, 0.5) is 0 Å². The van der Waals surface area contributed by atoms with Crippen molar-refractivity contribution in [3.63, 3.8) is 0 Å². The highest BCUT2D eigenvalue weighted by atomic mass is 14.8. The quantitative estimate of drug-likeness (QED) is 0.715. The molecule has 0 aromatic heterocycles. The standard InChI is InChI=1S/C19H34N2/c1-18-8-3-4-14(18)13-6-5-12-10-16(20)17(21)11-19(12,2)15(13)7-9-18/h12-17H,3-11,20-21H2,1-2H3/t12-,13?,14-,15-,16?,17?,18-,19-/m0/s1. The molecule has 21 heavy (non-hydrogen) atoms. The van der Waals surface area contributed by atoms with E-state index in [2.05, 4.69) is 13.8 Å². The molecule has 4 aliphatic carbocycles. The van der Waals surface area contributed by atoms with Crippen molar-refractivity contribution >= 4 is 0 Å². The second kappa shape index (κ2) is 4.71. The average molecular weight is 290 g/mol. The van der Waals surface area contributed by atoms with Gasteiger partial charge in [0.2, 0.25) is 0 Å². The van der Waals surface area contributed by atoms with Crippen molar-refractivity contribution in [3.8, 4) is 0 Å². The minimum absolute atomic E-state index is 0.238. The summed E-state index contributed by atoms with van der Waals surface area (Å²) in [6.07, 6.45) is 12.7. The molecule has 0 spiro atoms. The summed E-state index contributed by atoms with van der Waals surface area (Å²) < 4.78 is 0. The zero-order chi connectivity index (χ0) is 14.8. The molecule has 0 radical (unpaired) electrons. The van der Waals surface area contributed by atoms with Crippen molar-refractivity contribution < 1.29 is 0 Å². The van der Waals surface area contributed by atoms with Crippen LogP contribution >= 0.6 is 0 Å². The van der Waals surface area contributed by atoms with Crippen molar-refractivity contribution in [2.75, 3.05) is 0 Å². The van der Waals surface area contributed by atoms with E-state index >= 15 is 0 Å². The molecule has 4 aliphatic rings. The van der Waals surface area contributed by atoms with Crippen LogP contribution < -0.4 is 11.5 Å². The first kappa shape index (κ1) is 14.5. The fraction of sp³-hybridized carbons (Fsp3) is 1.00. The van der Waals surface area contributed by atoms with Gasteiger partial charge < -0.3 is 11.5 Å². The summed E-state index contributed by atoms with van der Waals surface area (Å²) in [4.78, 5) is 0. The third kappa shape index (κ3) is 1.97. The van der Waals surface area contributed by atoms with Crippen molar-refractivity contribution in [3.05, 3.63) is 0 Å². The highest BCUT2D eigenvalue weighted by Crippen LogP contribution is 2.65. The Morgan fingerprint density at radius 3 is 2.48 bits per heavy atom. The SMILES string of the molecule is C[C@@]12CCC[C@H]1C1CC[C@H]3CC(N)C(N)C[C@]3(C)[C@H]1CC2. The first-order valence-corrected chi connectivity index (χ1v) is 9.45. The molecule has 0 aromatic carbocycles. The maximum Gasteiger partial charge on any atom is 0.0197 e. The summed E-state index contributed by atoms with van der Waals surface area (Å²) in [5.41, 5.74) is 13.9. The summed E-state index contributed by atoms with van der Waals surface area (Å²) in [7, 11) is 0. The Morgan fingerprint density at radius 1 is 0.857 bits per heavy atom. The predicted molar refractivity (Wildman–Crippen MR) is 87.7 cm³/mol. The van der Waals surface area contributed by atoms with Crippen LogP contribution in [0.15, 0.2) is 0 Å². The van der Waals surface area contributed by atoms with Gasteiger partial charge in [0, 0.05) is 12.1 Å². The maximum atomic E-state index is 6.40. The highest BCUT2D eigenvalue weighted by molar-refractivity contribution is 5.09. The molecule has 4 rings (SSSR count). The highest BCUT2D eigenvalue weighted by Gasteiger charge is 2.58. The Morgan fingerprint density at radius 2 is 1.67 bits per heavy atom. The van der Waals surface area contributed by atoms with Crippen LogP contribution in [0, 0.1) is 34.5 Å². The lowest BCUT2D eigenvalue weighted by atomic mass is 9.44. The third-order valence-corrected chi connectivity index (χ3v) is 8.63. The number of hydrogen-bond acceptors (Lipinski definition) is 2. The van der Waals surface area contributed by atoms with Gasteiger partial charge in [-0.1, -0.05) is 20.3 Å². The van der Waals surface area contributed by atoms with E-state index in [4.69, 9.17) is 11.5 Å². The van der Waals surface area contributed by atoms with E-state index in [9.17, 15) is 0 Å². The lowest BCUT2D eigenvalue weighted by molar-refractivity contribution is -0.109. The normalized spacial score (nSPS) is 60.0. The van der Waals surface area contributed by atoms with Gasteiger partial charge in [-0.25, -0.2) is 0 Å². The molecule has 0 aromatic rings. The van der Waals surface area contributed by atoms with Gasteiger partial charge in [-0.05, 0) is 85.9 Å². The Hall–Kier alpha value is -0.0800. The fourth-order valence-corrected chi connectivity index (χ4v) is 7.40. The van der Waals surface area contributed by atoms with E-state index in [1.54, 1.807) is 0 Å². The summed E-state index contributed by atoms with van der Waals surface area (Å²) >= 11 is 0. The van der Waals surface area contributed by atoms with Gasteiger partial charge in [-0.2, -0.15) is 0 Å². The molecule has 0 saturated heterocycles. The number of nitrogens with two attached hydrogens (primary N) is 2. The molecule has 0 aliphatic heterocycles. The molecule has 0 bridgehead atoms. The molecule has 0 amide bonds. The first-order valence-electron chi connectivity index (χ1n) is 9.45. The van der Waals surface area contributed by atoms with E-state index in [-0.39, 0.29) is 12.1 Å². The second-order valence-corrected chi connectivity index (χ2v) is 9.51. The minimum atomic E-state index is 0.238. The number of rotatable bonds is 0. The molecule has 120 valence electrons. The van der Waals surface area contributed by atoms with E-state index < -0.39 is 0 Å². The molecule has 0 heterocycles. The Kier molecular flexibility index (Phi) is 3.25. The van der Waals surface area contributed by atoms with Crippen molar-refractivity contribution in [2.45, 2.75) is 83.7 Å². The van der Waals surface area contributed by atoms with E-state index in [1.165, 1.54) is 57.8 Å². The number of fused-ring (bicyclic) bond motifs is 5. The van der Waals surface area contributed by atoms with Crippen molar-refractivity contribution in [1.82, 2.24) is 0 Å². The minimum Gasteiger partial charge on any atom is -0.326 e. The lowest BCUT2D eigenvalue weighted by Gasteiger charge is -2.61. The monoisotopic (exact) mass is 290 g/mol. The van der Waals surface area contributed by atoms with Crippen LogP contribution in [-0.2, 0) is 0 Å². The summed E-state index contributed by atoms with van der Waals surface area (Å²) in [6, 6.07) is 0.488. The van der Waals surface area contributed by atoms with E-state index in [1.807, 2.05) is 0 Å². The van der Waals surface area contributed by atoms with Gasteiger partial charge in [0.05, 0.1) is 0 Å². The van der Waals surface area contributed by atoms with Crippen LogP contribution in [0.1, 0.15) is 71.6 Å². The molecule has 4 fully saturated rings. The van der Waals surface area contributed by atoms with Crippen LogP contribution in [0.5, 0.6) is 0 Å². The molecule has 8 atom stereocenters. The molecule has 4 saturated carbocycles. The summed E-state index contributed by atoms with van der Waals surface area (Å²) in [5.74, 6) is 3.79. The lowest BCUT2D eigenvalue weighted by Crippen LogP contribution is -2.59. The Bertz CT molecular complexity index is 422. The van der Waals surface area contributed by atoms with Gasteiger partial charge >= 0.3 is 0 Å². The van der Waals surface area contributed by atoms with Crippen LogP contribution in [0.3, 0.4) is 0 Å². The maximum absolute atomic E-state index is 6.40. The van der Waals surface area contributed by atoms with Gasteiger partial charge in [-0.15, -0.1) is 0 Å². The second-order valence-electron chi connectivity index (χ2n) is 9.51. The van der Waals surface area contributed by atoms with Gasteiger partial charge in [0.15, 0.2) is 0 Å². The predicted octanol–water partition coefficient (Wildman–Crippen LogP) is 3.68. The number of hydrogen-bond donors (Lipinski definition) is 2. The fourth-order valence-electron chi connectivity index (χ4n) is 7.40. The van der Waals surface area contributed by atoms with E-state index in [0.29, 0.717) is 10.8 Å². The Labute approximate surface area is 130 Å². The zero-order valence-corrected chi connectivity index (χ0v) is 14.0. The summed E-state index contributed by atoms with van der Waals surface area (Å²) in [6.45, 7) is 5.18. The molecule has 2 heteroatoms.